The molecule has 3 rings (SSSR count). The largest absolute Gasteiger partial charge is 0.506 e. The predicted octanol–water partition coefficient (Wildman–Crippen LogP) is -0.936. The van der Waals surface area contributed by atoms with Gasteiger partial charge in [-0.2, -0.15) is 0 Å². The summed E-state index contributed by atoms with van der Waals surface area (Å²) in [6.45, 7) is 4.14. The number of aliphatic hydroxyl groups excluding tert-OH is 1. The van der Waals surface area contributed by atoms with E-state index in [4.69, 9.17) is 14.6 Å². The van der Waals surface area contributed by atoms with Crippen LogP contribution in [0, 0.1) is 0 Å². The number of aliphatic hydroxyl groups is 1. The van der Waals surface area contributed by atoms with Crippen molar-refractivity contribution in [2.45, 2.75) is 20.8 Å². The first-order valence-corrected chi connectivity index (χ1v) is 10.1. The van der Waals surface area contributed by atoms with Gasteiger partial charge in [0.05, 0.1) is 26.6 Å². The Bertz CT molecular complexity index is 881. The molecule has 0 unspecified atom stereocenters. The van der Waals surface area contributed by atoms with Gasteiger partial charge in [-0.05, 0) is 6.08 Å². The minimum atomic E-state index is -0.333. The fourth-order valence-electron chi connectivity index (χ4n) is 1.93. The molecule has 0 atom stereocenters. The normalized spacial score (nSPS) is 14.3. The van der Waals surface area contributed by atoms with Crippen LogP contribution in [-0.4, -0.2) is 54.7 Å². The number of carbonyl (C=O) groups is 3. The summed E-state index contributed by atoms with van der Waals surface area (Å²) in [5, 5.41) is 14.6. The van der Waals surface area contributed by atoms with Gasteiger partial charge in [0.2, 0.25) is 17.7 Å². The van der Waals surface area contributed by atoms with Crippen LogP contribution in [0.25, 0.3) is 0 Å². The topological polar surface area (TPSA) is 183 Å². The first kappa shape index (κ1) is 30.3. The van der Waals surface area contributed by atoms with Gasteiger partial charge < -0.3 is 25.5 Å². The van der Waals surface area contributed by atoms with Crippen LogP contribution >= 0.6 is 0 Å². The molecular weight excluding hydrogens is 459 g/mol. The SMILES string of the molecule is CC(=O)NN1C=CC(O)=CN1.CC(N)=O.COC1=CNBC=C1.COC1=CNN(NC(C)=O)C=C1. The molecule has 0 aliphatic carbocycles. The van der Waals surface area contributed by atoms with Gasteiger partial charge in [-0.1, -0.05) is 5.98 Å². The number of nitrogens with two attached hydrogens (primary N) is 1. The highest BCUT2D eigenvalue weighted by Gasteiger charge is 2.03. The molecule has 8 N–H and O–H groups in total. The van der Waals surface area contributed by atoms with Crippen molar-refractivity contribution in [1.82, 2.24) is 37.2 Å². The maximum Gasteiger partial charge on any atom is 0.259 e. The summed E-state index contributed by atoms with van der Waals surface area (Å²) >= 11 is 0. The lowest BCUT2D eigenvalue weighted by atomic mass is 9.92. The lowest BCUT2D eigenvalue weighted by molar-refractivity contribution is -0.124. The van der Waals surface area contributed by atoms with Crippen molar-refractivity contribution in [2.24, 2.45) is 5.73 Å². The number of hydrazine groups is 4. The van der Waals surface area contributed by atoms with Crippen molar-refractivity contribution in [2.75, 3.05) is 14.2 Å². The minimum absolute atomic E-state index is 0.117. The molecule has 0 aromatic rings. The van der Waals surface area contributed by atoms with Crippen molar-refractivity contribution in [3.63, 3.8) is 0 Å². The second-order valence-electron chi connectivity index (χ2n) is 6.46. The van der Waals surface area contributed by atoms with Crippen LogP contribution in [0.1, 0.15) is 20.8 Å². The fraction of sp³-hybridized carbons (Fsp3) is 0.250. The molecule has 0 aromatic heterocycles. The van der Waals surface area contributed by atoms with E-state index >= 15 is 0 Å². The van der Waals surface area contributed by atoms with Gasteiger partial charge in [0.25, 0.3) is 7.41 Å². The summed E-state index contributed by atoms with van der Waals surface area (Å²) in [7, 11) is 4.14. The van der Waals surface area contributed by atoms with E-state index in [0.717, 1.165) is 13.2 Å². The van der Waals surface area contributed by atoms with E-state index in [2.05, 4.69) is 32.7 Å². The van der Waals surface area contributed by atoms with Crippen molar-refractivity contribution in [3.8, 4) is 0 Å². The maximum absolute atomic E-state index is 10.6. The van der Waals surface area contributed by atoms with Gasteiger partial charge in [-0.3, -0.25) is 25.2 Å². The average molecular weight is 492 g/mol. The molecule has 3 amide bonds. The summed E-state index contributed by atoms with van der Waals surface area (Å²) < 4.78 is 9.82. The number of nitrogens with zero attached hydrogens (tertiary/aromatic N) is 2. The van der Waals surface area contributed by atoms with Gasteiger partial charge >= 0.3 is 0 Å². The summed E-state index contributed by atoms with van der Waals surface area (Å²) in [4.78, 5) is 30.3. The van der Waals surface area contributed by atoms with Gasteiger partial charge in [0.15, 0.2) is 0 Å². The molecule has 0 saturated carbocycles. The number of hydrogen-bond acceptors (Lipinski definition) is 11. The van der Waals surface area contributed by atoms with Crippen LogP contribution in [0.5, 0.6) is 0 Å². The zero-order valence-electron chi connectivity index (χ0n) is 20.4. The standard InChI is InChI=1S/C7H11N3O2.C6H9N3O2.C5H8BNO.C2H5NO/c1-6(11)9-10-4-3-7(12-2)5-8-10;1-5(10)8-9-3-2-6(11)4-7-9;1-8-5-2-3-6-7-4-5;1-2(3)4/h3-5,8H,1-2H3,(H,9,11);2-4,7,11H,1H3,(H,8,10);2-4,6-7H,1H3;1H3,(H2,3,4). The van der Waals surface area contributed by atoms with E-state index in [1.807, 2.05) is 18.3 Å². The van der Waals surface area contributed by atoms with Gasteiger partial charge in [-0.25, -0.2) is 21.1 Å². The van der Waals surface area contributed by atoms with E-state index in [1.165, 1.54) is 49.5 Å². The zero-order chi connectivity index (χ0) is 26.6. The number of ether oxygens (including phenoxy) is 2. The van der Waals surface area contributed by atoms with Crippen LogP contribution in [-0.2, 0) is 23.9 Å². The first-order valence-electron chi connectivity index (χ1n) is 10.1. The number of rotatable bonds is 4. The Kier molecular flexibility index (Phi) is 15.4. The Morgan fingerprint density at radius 2 is 1.37 bits per heavy atom. The van der Waals surface area contributed by atoms with Crippen molar-refractivity contribution in [1.29, 1.82) is 0 Å². The molecule has 192 valence electrons. The lowest BCUT2D eigenvalue weighted by Gasteiger charge is -2.22. The number of allylic oxidation sites excluding steroid dienone is 3. The van der Waals surface area contributed by atoms with Gasteiger partial charge in [0.1, 0.15) is 17.3 Å². The average Bonchev–Trinajstić information content (AvgIpc) is 2.81. The number of hydrogen-bond donors (Lipinski definition) is 7. The molecular formula is C20H33BN8O6. The molecule has 0 radical (unpaired) electrons. The van der Waals surface area contributed by atoms with Crippen molar-refractivity contribution in [3.05, 3.63) is 72.5 Å². The monoisotopic (exact) mass is 492 g/mol. The second-order valence-corrected chi connectivity index (χ2v) is 6.46. The molecule has 14 nitrogen and oxygen atoms in total. The van der Waals surface area contributed by atoms with Crippen molar-refractivity contribution >= 4 is 25.1 Å². The summed E-state index contributed by atoms with van der Waals surface area (Å²) in [6, 6.07) is 0. The van der Waals surface area contributed by atoms with Crippen molar-refractivity contribution < 1.29 is 29.0 Å². The second kappa shape index (κ2) is 17.8. The molecule has 0 aromatic carbocycles. The quantitative estimate of drug-likeness (QED) is 0.241. The molecule has 3 aliphatic rings. The third-order valence-electron chi connectivity index (χ3n) is 3.27. The number of primary amides is 1. The highest BCUT2D eigenvalue weighted by molar-refractivity contribution is 6.39. The summed E-state index contributed by atoms with van der Waals surface area (Å²) in [5.41, 5.74) is 14.8. The lowest BCUT2D eigenvalue weighted by Crippen LogP contribution is -2.45. The maximum atomic E-state index is 10.6. The fourth-order valence-corrected chi connectivity index (χ4v) is 1.93. The highest BCUT2D eigenvalue weighted by atomic mass is 16.5. The Labute approximate surface area is 205 Å². The third-order valence-corrected chi connectivity index (χ3v) is 3.27. The Hall–Kier alpha value is -4.69. The van der Waals surface area contributed by atoms with Gasteiger partial charge in [-0.15, -0.1) is 0 Å². The van der Waals surface area contributed by atoms with Crippen LogP contribution in [0.15, 0.2) is 72.5 Å². The third kappa shape index (κ3) is 17.5. The molecule has 3 heterocycles. The Morgan fingerprint density at radius 3 is 1.69 bits per heavy atom. The van der Waals surface area contributed by atoms with E-state index < -0.39 is 0 Å². The van der Waals surface area contributed by atoms with E-state index in [1.54, 1.807) is 32.7 Å². The number of carbonyl (C=O) groups excluding carboxylic acids is 3. The van der Waals surface area contributed by atoms with Crippen LogP contribution < -0.4 is 32.7 Å². The molecule has 3 aliphatic heterocycles. The van der Waals surface area contributed by atoms with Crippen LogP contribution in [0.2, 0.25) is 0 Å². The minimum Gasteiger partial charge on any atom is -0.506 e. The molecule has 0 spiro atoms. The first-order chi connectivity index (χ1) is 16.6. The zero-order valence-corrected chi connectivity index (χ0v) is 20.4. The number of nitrogens with one attached hydrogen (secondary N) is 5. The van der Waals surface area contributed by atoms with E-state index in [-0.39, 0.29) is 23.5 Å². The molecule has 0 bridgehead atoms. The number of amides is 3. The molecule has 0 fully saturated rings. The van der Waals surface area contributed by atoms with E-state index in [9.17, 15) is 14.4 Å². The Balaban J connectivity index is 0.000000467. The predicted molar refractivity (Wildman–Crippen MR) is 131 cm³/mol. The number of methoxy groups -OCH3 is 2. The van der Waals surface area contributed by atoms with E-state index in [0.29, 0.717) is 5.76 Å². The Morgan fingerprint density at radius 1 is 0.886 bits per heavy atom. The highest BCUT2D eigenvalue weighted by Crippen LogP contribution is 2.01. The van der Waals surface area contributed by atoms with Gasteiger partial charge in [0, 0.05) is 51.5 Å². The summed E-state index contributed by atoms with van der Waals surface area (Å²) in [6.07, 6.45) is 13.1. The van der Waals surface area contributed by atoms with Crippen LogP contribution in [0.3, 0.4) is 0 Å². The molecule has 15 heteroatoms. The molecule has 0 saturated heterocycles. The summed E-state index contributed by atoms with van der Waals surface area (Å²) in [5.74, 6) is 3.07. The van der Waals surface area contributed by atoms with Crippen LogP contribution in [0.4, 0.5) is 0 Å². The molecule has 35 heavy (non-hydrogen) atoms. The smallest absolute Gasteiger partial charge is 0.259 e.